The Morgan fingerprint density at radius 1 is 0.929 bits per heavy atom. The Bertz CT molecular complexity index is 880. The van der Waals surface area contributed by atoms with E-state index in [9.17, 15) is 5.11 Å². The highest BCUT2D eigenvalue weighted by Gasteiger charge is 2.56. The van der Waals surface area contributed by atoms with Crippen molar-refractivity contribution in [1.29, 1.82) is 0 Å². The third-order valence-corrected chi connectivity index (χ3v) is 6.12. The van der Waals surface area contributed by atoms with Gasteiger partial charge < -0.3 is 28.8 Å². The summed E-state index contributed by atoms with van der Waals surface area (Å²) in [6, 6.07) is 9.81. The van der Waals surface area contributed by atoms with E-state index in [4.69, 9.17) is 23.7 Å². The highest BCUT2D eigenvalue weighted by atomic mass is 16.5. The molecule has 1 N–H and O–H groups in total. The third-order valence-electron chi connectivity index (χ3n) is 6.12. The number of hydrogen-bond acceptors (Lipinski definition) is 6. The molecule has 0 amide bonds. The summed E-state index contributed by atoms with van der Waals surface area (Å²) in [5, 5.41) is 10.3. The third kappa shape index (κ3) is 2.55. The normalized spacial score (nSPS) is 25.2. The Morgan fingerprint density at radius 2 is 1.57 bits per heavy atom. The minimum absolute atomic E-state index is 0.0345. The van der Waals surface area contributed by atoms with Gasteiger partial charge in [0.05, 0.1) is 35.0 Å². The Balaban J connectivity index is 1.96. The largest absolute Gasteiger partial charge is 0.493 e. The van der Waals surface area contributed by atoms with E-state index < -0.39 is 5.60 Å². The number of rotatable bonds is 6. The van der Waals surface area contributed by atoms with Gasteiger partial charge >= 0.3 is 0 Å². The first-order chi connectivity index (χ1) is 13.6. The summed E-state index contributed by atoms with van der Waals surface area (Å²) in [5.41, 5.74) is 2.32. The average Bonchev–Trinajstić information content (AvgIpc) is 3.03. The Labute approximate surface area is 164 Å². The zero-order chi connectivity index (χ0) is 19.9. The van der Waals surface area contributed by atoms with Crippen LogP contribution in [0.15, 0.2) is 30.3 Å². The molecule has 6 heteroatoms. The van der Waals surface area contributed by atoms with Gasteiger partial charge in [-0.25, -0.2) is 0 Å². The smallest absolute Gasteiger partial charge is 0.161 e. The highest BCUT2D eigenvalue weighted by Crippen LogP contribution is 2.56. The van der Waals surface area contributed by atoms with Crippen molar-refractivity contribution in [1.82, 2.24) is 0 Å². The minimum atomic E-state index is -0.772. The molecule has 6 nitrogen and oxygen atoms in total. The van der Waals surface area contributed by atoms with Crippen LogP contribution in [0.25, 0.3) is 0 Å². The van der Waals surface area contributed by atoms with Crippen molar-refractivity contribution < 1.29 is 28.8 Å². The first-order valence-electron chi connectivity index (χ1n) is 9.35. The molecule has 2 bridgehead atoms. The predicted molar refractivity (Wildman–Crippen MR) is 104 cm³/mol. The summed E-state index contributed by atoms with van der Waals surface area (Å²) in [5.74, 6) is 2.80. The van der Waals surface area contributed by atoms with Crippen LogP contribution in [0.5, 0.6) is 23.0 Å². The number of benzene rings is 2. The van der Waals surface area contributed by atoms with Crippen LogP contribution in [0.2, 0.25) is 0 Å². The molecule has 1 aliphatic carbocycles. The zero-order valence-electron chi connectivity index (χ0n) is 16.7. The summed E-state index contributed by atoms with van der Waals surface area (Å²) in [4.78, 5) is 0. The maximum atomic E-state index is 10.3. The van der Waals surface area contributed by atoms with Gasteiger partial charge in [-0.3, -0.25) is 0 Å². The van der Waals surface area contributed by atoms with Crippen LogP contribution < -0.4 is 18.9 Å². The molecule has 0 saturated carbocycles. The Kier molecular flexibility index (Phi) is 4.85. The maximum Gasteiger partial charge on any atom is 0.161 e. The molecule has 1 heterocycles. The molecule has 0 aromatic heterocycles. The Morgan fingerprint density at radius 3 is 2.21 bits per heavy atom. The quantitative estimate of drug-likeness (QED) is 0.824. The van der Waals surface area contributed by atoms with Crippen LogP contribution in [0.4, 0.5) is 0 Å². The van der Waals surface area contributed by atoms with Crippen molar-refractivity contribution in [2.75, 3.05) is 41.7 Å². The number of aliphatic hydroxyl groups excluding tert-OH is 1. The van der Waals surface area contributed by atoms with E-state index in [2.05, 4.69) is 0 Å². The van der Waals surface area contributed by atoms with Crippen LogP contribution in [0.1, 0.15) is 16.7 Å². The van der Waals surface area contributed by atoms with Crippen molar-refractivity contribution in [2.24, 2.45) is 11.8 Å². The number of aliphatic hydroxyl groups is 1. The van der Waals surface area contributed by atoms with Crippen molar-refractivity contribution in [2.45, 2.75) is 12.0 Å². The fraction of sp³-hybridized carbons (Fsp3) is 0.455. The highest BCUT2D eigenvalue weighted by molar-refractivity contribution is 5.56. The second-order valence-electron chi connectivity index (χ2n) is 7.23. The summed E-state index contributed by atoms with van der Waals surface area (Å²) in [7, 11) is 6.49. The molecular formula is C22H26O6. The lowest BCUT2D eigenvalue weighted by Crippen LogP contribution is -2.42. The Hall–Kier alpha value is -2.44. The lowest BCUT2D eigenvalue weighted by atomic mass is 9.65. The van der Waals surface area contributed by atoms with Crippen LogP contribution in [-0.2, 0) is 16.8 Å². The van der Waals surface area contributed by atoms with Crippen LogP contribution in [-0.4, -0.2) is 46.8 Å². The molecule has 1 saturated heterocycles. The fourth-order valence-electron chi connectivity index (χ4n) is 4.79. The van der Waals surface area contributed by atoms with Gasteiger partial charge in [0, 0.05) is 12.5 Å². The monoisotopic (exact) mass is 386 g/mol. The number of ether oxygens (including phenoxy) is 5. The van der Waals surface area contributed by atoms with Gasteiger partial charge in [-0.2, -0.15) is 0 Å². The van der Waals surface area contributed by atoms with Crippen LogP contribution in [0, 0.1) is 11.8 Å². The first kappa shape index (κ1) is 18.9. The molecule has 1 aliphatic heterocycles. The number of hydrogen-bond donors (Lipinski definition) is 1. The van der Waals surface area contributed by atoms with Gasteiger partial charge in [0.15, 0.2) is 23.0 Å². The van der Waals surface area contributed by atoms with Crippen molar-refractivity contribution in [3.63, 3.8) is 0 Å². The van der Waals surface area contributed by atoms with Gasteiger partial charge in [0.1, 0.15) is 5.60 Å². The predicted octanol–water partition coefficient (Wildman–Crippen LogP) is 2.78. The molecule has 0 unspecified atom stereocenters. The maximum absolute atomic E-state index is 10.3. The fourth-order valence-corrected chi connectivity index (χ4v) is 4.79. The first-order valence-corrected chi connectivity index (χ1v) is 9.35. The van der Waals surface area contributed by atoms with Gasteiger partial charge in [0.25, 0.3) is 0 Å². The molecular weight excluding hydrogens is 360 g/mol. The van der Waals surface area contributed by atoms with Gasteiger partial charge in [-0.1, -0.05) is 6.07 Å². The van der Waals surface area contributed by atoms with Gasteiger partial charge in [0.2, 0.25) is 0 Å². The van der Waals surface area contributed by atoms with Crippen molar-refractivity contribution in [3.8, 4) is 23.0 Å². The average molecular weight is 386 g/mol. The second-order valence-corrected chi connectivity index (χ2v) is 7.23. The van der Waals surface area contributed by atoms with E-state index >= 15 is 0 Å². The molecule has 2 aromatic rings. The molecule has 4 rings (SSSR count). The van der Waals surface area contributed by atoms with E-state index in [0.29, 0.717) is 29.6 Å². The van der Waals surface area contributed by atoms with E-state index in [1.165, 1.54) is 0 Å². The minimum Gasteiger partial charge on any atom is -0.493 e. The summed E-state index contributed by atoms with van der Waals surface area (Å²) in [6.07, 6.45) is 0.829. The molecule has 3 atom stereocenters. The molecule has 2 aromatic carbocycles. The summed E-state index contributed by atoms with van der Waals surface area (Å²) >= 11 is 0. The molecule has 0 spiro atoms. The molecule has 0 radical (unpaired) electrons. The van der Waals surface area contributed by atoms with Crippen molar-refractivity contribution >= 4 is 0 Å². The van der Waals surface area contributed by atoms with E-state index in [1.54, 1.807) is 28.4 Å². The molecule has 28 heavy (non-hydrogen) atoms. The zero-order valence-corrected chi connectivity index (χ0v) is 16.7. The summed E-state index contributed by atoms with van der Waals surface area (Å²) in [6.45, 7) is 0.617. The number of methoxy groups -OCH3 is 4. The molecule has 150 valence electrons. The van der Waals surface area contributed by atoms with Crippen molar-refractivity contribution in [3.05, 3.63) is 47.0 Å². The van der Waals surface area contributed by atoms with Crippen LogP contribution >= 0.6 is 0 Å². The van der Waals surface area contributed by atoms with Crippen LogP contribution in [0.3, 0.4) is 0 Å². The van der Waals surface area contributed by atoms with Gasteiger partial charge in [-0.15, -0.1) is 0 Å². The number of fused-ring (bicyclic) bond motifs is 4. The lowest BCUT2D eigenvalue weighted by molar-refractivity contribution is -0.00713. The molecule has 2 aliphatic rings. The van der Waals surface area contributed by atoms with E-state index in [1.807, 2.05) is 30.3 Å². The molecule has 1 fully saturated rings. The topological polar surface area (TPSA) is 66.4 Å². The SMILES string of the molecule is COc1ccc([C@]23OC[C@@H](Cc4cc(OC)c(OC)cc42)[C@@H]3CO)cc1OC. The van der Waals surface area contributed by atoms with E-state index in [-0.39, 0.29) is 18.4 Å². The second kappa shape index (κ2) is 7.18. The standard InChI is InChI=1S/C22H26O6/c1-24-18-6-5-15(9-20(18)26-3)22-16-10-21(27-4)19(25-2)8-13(16)7-14(12-28-22)17(22)11-23/h5-6,8-10,14,17,23H,7,11-12H2,1-4H3/t14-,17+,22+/m1/s1. The van der Waals surface area contributed by atoms with Gasteiger partial charge in [-0.05, 0) is 53.3 Å². The summed E-state index contributed by atoms with van der Waals surface area (Å²) < 4.78 is 28.4. The lowest BCUT2D eigenvalue weighted by Gasteiger charge is -2.41. The van der Waals surface area contributed by atoms with E-state index in [0.717, 1.165) is 23.1 Å².